The van der Waals surface area contributed by atoms with Crippen LogP contribution < -0.4 is 5.32 Å². The van der Waals surface area contributed by atoms with E-state index in [1.54, 1.807) is 0 Å². The van der Waals surface area contributed by atoms with Gasteiger partial charge in [-0.25, -0.2) is 0 Å². The number of hydrogen-bond acceptors (Lipinski definition) is 2. The molecule has 0 aromatic carbocycles. The van der Waals surface area contributed by atoms with Crippen molar-refractivity contribution in [3.63, 3.8) is 0 Å². The number of rotatable bonds is 20. The van der Waals surface area contributed by atoms with Crippen LogP contribution in [0.1, 0.15) is 122 Å². The first-order valence-electron chi connectivity index (χ1n) is 12.6. The van der Waals surface area contributed by atoms with Gasteiger partial charge in [0.2, 0.25) is 5.91 Å². The van der Waals surface area contributed by atoms with E-state index in [4.69, 9.17) is 0 Å². The molecular weight excluding hydrogens is 485 g/mol. The number of halogens is 1. The number of amides is 1. The van der Waals surface area contributed by atoms with Gasteiger partial charge in [0.1, 0.15) is 0 Å². The van der Waals surface area contributed by atoms with Crippen molar-refractivity contribution in [3.8, 4) is 0 Å². The third kappa shape index (κ3) is 15.2. The second-order valence-electron chi connectivity index (χ2n) is 8.73. The Kier molecular flexibility index (Phi) is 17.5. The van der Waals surface area contributed by atoms with Crippen LogP contribution in [0.25, 0.3) is 0 Å². The number of carbonyl (C=O) groups is 1. The molecule has 30 heavy (non-hydrogen) atoms. The molecule has 0 saturated carbocycles. The molecule has 0 unspecified atom stereocenters. The standard InChI is InChI=1S/C25H46IN3O/c1-3-4-5-6-7-8-9-10-11-12-13-14-15-16-17-18-20-27-25(30)19-21-29-22-24(26)23(2)28-29/h22H,3-21H2,1-2H3,(H,27,30). The Morgan fingerprint density at radius 1 is 0.867 bits per heavy atom. The van der Waals surface area contributed by atoms with Gasteiger partial charge in [0.15, 0.2) is 0 Å². The summed E-state index contributed by atoms with van der Waals surface area (Å²) in [6, 6.07) is 0. The monoisotopic (exact) mass is 531 g/mol. The van der Waals surface area contributed by atoms with Crippen molar-refractivity contribution in [1.29, 1.82) is 0 Å². The highest BCUT2D eigenvalue weighted by molar-refractivity contribution is 14.1. The summed E-state index contributed by atoms with van der Waals surface area (Å²) < 4.78 is 3.02. The summed E-state index contributed by atoms with van der Waals surface area (Å²) in [6.45, 7) is 5.75. The largest absolute Gasteiger partial charge is 0.356 e. The second kappa shape index (κ2) is 19.1. The highest BCUT2D eigenvalue weighted by atomic mass is 127. The molecule has 0 fully saturated rings. The number of aryl methyl sites for hydroxylation is 2. The number of hydrogen-bond donors (Lipinski definition) is 1. The van der Waals surface area contributed by atoms with E-state index in [1.807, 2.05) is 17.8 Å². The molecule has 0 radical (unpaired) electrons. The maximum atomic E-state index is 11.9. The lowest BCUT2D eigenvalue weighted by molar-refractivity contribution is -0.121. The smallest absolute Gasteiger partial charge is 0.221 e. The lowest BCUT2D eigenvalue weighted by Crippen LogP contribution is -2.25. The molecule has 4 nitrogen and oxygen atoms in total. The zero-order valence-corrected chi connectivity index (χ0v) is 21.9. The first-order valence-corrected chi connectivity index (χ1v) is 13.7. The third-order valence-electron chi connectivity index (χ3n) is 5.81. The van der Waals surface area contributed by atoms with Gasteiger partial charge in [-0.2, -0.15) is 5.10 Å². The molecule has 5 heteroatoms. The number of nitrogens with zero attached hydrogens (tertiary/aromatic N) is 2. The molecule has 0 aliphatic carbocycles. The number of aromatic nitrogens is 2. The minimum absolute atomic E-state index is 0.138. The lowest BCUT2D eigenvalue weighted by Gasteiger charge is -2.06. The van der Waals surface area contributed by atoms with Gasteiger partial charge >= 0.3 is 0 Å². The summed E-state index contributed by atoms with van der Waals surface area (Å²) in [5.74, 6) is 0.138. The molecule has 0 aliphatic heterocycles. The van der Waals surface area contributed by atoms with Crippen molar-refractivity contribution >= 4 is 28.5 Å². The zero-order chi connectivity index (χ0) is 21.9. The molecule has 1 heterocycles. The van der Waals surface area contributed by atoms with E-state index >= 15 is 0 Å². The van der Waals surface area contributed by atoms with Crippen molar-refractivity contribution in [2.75, 3.05) is 6.54 Å². The van der Waals surface area contributed by atoms with Crippen molar-refractivity contribution in [3.05, 3.63) is 15.5 Å². The van der Waals surface area contributed by atoms with Gasteiger partial charge in [-0.3, -0.25) is 9.48 Å². The van der Waals surface area contributed by atoms with Gasteiger partial charge in [-0.15, -0.1) is 0 Å². The van der Waals surface area contributed by atoms with E-state index in [0.717, 1.165) is 22.2 Å². The van der Waals surface area contributed by atoms with Crippen LogP contribution in [0.3, 0.4) is 0 Å². The van der Waals surface area contributed by atoms with E-state index in [-0.39, 0.29) is 5.91 Å². The maximum Gasteiger partial charge on any atom is 0.221 e. The molecule has 0 aliphatic rings. The Morgan fingerprint density at radius 2 is 1.33 bits per heavy atom. The molecule has 174 valence electrons. The van der Waals surface area contributed by atoms with Crippen molar-refractivity contribution < 1.29 is 4.79 Å². The fourth-order valence-electron chi connectivity index (χ4n) is 3.81. The first-order chi connectivity index (χ1) is 14.6. The molecule has 1 N–H and O–H groups in total. The predicted molar refractivity (Wildman–Crippen MR) is 137 cm³/mol. The summed E-state index contributed by atoms with van der Waals surface area (Å²) in [7, 11) is 0. The van der Waals surface area contributed by atoms with E-state index in [1.165, 1.54) is 96.3 Å². The normalized spacial score (nSPS) is 11.2. The summed E-state index contributed by atoms with van der Waals surface area (Å²) in [4.78, 5) is 11.9. The summed E-state index contributed by atoms with van der Waals surface area (Å²) in [6.07, 6.45) is 24.6. The van der Waals surface area contributed by atoms with E-state index in [9.17, 15) is 4.79 Å². The van der Waals surface area contributed by atoms with Crippen molar-refractivity contribution in [2.45, 2.75) is 130 Å². The van der Waals surface area contributed by atoms with Crippen LogP contribution in [0.5, 0.6) is 0 Å². The minimum Gasteiger partial charge on any atom is -0.356 e. The van der Waals surface area contributed by atoms with Gasteiger partial charge in [-0.1, -0.05) is 103 Å². The van der Waals surface area contributed by atoms with E-state index < -0.39 is 0 Å². The average molecular weight is 532 g/mol. The van der Waals surface area contributed by atoms with Crippen LogP contribution in [-0.2, 0) is 11.3 Å². The molecule has 0 spiro atoms. The van der Waals surface area contributed by atoms with Gasteiger partial charge in [-0.05, 0) is 35.9 Å². The Morgan fingerprint density at radius 3 is 1.77 bits per heavy atom. The van der Waals surface area contributed by atoms with E-state index in [2.05, 4.69) is 39.9 Å². The van der Waals surface area contributed by atoms with Crippen LogP contribution in [0, 0.1) is 10.5 Å². The molecule has 0 atom stereocenters. The Labute approximate surface area is 199 Å². The average Bonchev–Trinajstić information content (AvgIpc) is 3.06. The van der Waals surface area contributed by atoms with Crippen LogP contribution in [-0.4, -0.2) is 22.2 Å². The highest BCUT2D eigenvalue weighted by Gasteiger charge is 2.04. The minimum atomic E-state index is 0.138. The molecule has 0 saturated heterocycles. The summed E-state index contributed by atoms with van der Waals surface area (Å²) in [5.41, 5.74) is 1.03. The SMILES string of the molecule is CCCCCCCCCCCCCCCCCCNC(=O)CCn1cc(I)c(C)n1. The van der Waals surface area contributed by atoms with Crippen LogP contribution >= 0.6 is 22.6 Å². The summed E-state index contributed by atoms with van der Waals surface area (Å²) >= 11 is 2.27. The zero-order valence-electron chi connectivity index (χ0n) is 19.7. The fourth-order valence-corrected chi connectivity index (χ4v) is 4.24. The summed E-state index contributed by atoms with van der Waals surface area (Å²) in [5, 5.41) is 7.44. The van der Waals surface area contributed by atoms with Crippen LogP contribution in [0.15, 0.2) is 6.20 Å². The van der Waals surface area contributed by atoms with Crippen molar-refractivity contribution in [2.24, 2.45) is 0 Å². The Balaban J connectivity index is 1.77. The van der Waals surface area contributed by atoms with Gasteiger partial charge < -0.3 is 5.32 Å². The molecule has 1 rings (SSSR count). The van der Waals surface area contributed by atoms with Gasteiger partial charge in [0, 0.05) is 25.7 Å². The number of nitrogens with one attached hydrogen (secondary N) is 1. The molecule has 1 amide bonds. The number of carbonyl (C=O) groups excluding carboxylic acids is 1. The Hall–Kier alpha value is -0.590. The lowest BCUT2D eigenvalue weighted by atomic mass is 10.0. The molecular formula is C25H46IN3O. The van der Waals surface area contributed by atoms with Gasteiger partial charge in [0.05, 0.1) is 9.26 Å². The van der Waals surface area contributed by atoms with E-state index in [0.29, 0.717) is 13.0 Å². The molecule has 1 aromatic rings. The Bertz CT molecular complexity index is 525. The van der Waals surface area contributed by atoms with Crippen LogP contribution in [0.4, 0.5) is 0 Å². The second-order valence-corrected chi connectivity index (χ2v) is 9.89. The third-order valence-corrected chi connectivity index (χ3v) is 6.87. The van der Waals surface area contributed by atoms with Crippen molar-refractivity contribution in [1.82, 2.24) is 15.1 Å². The molecule has 1 aromatic heterocycles. The van der Waals surface area contributed by atoms with Gasteiger partial charge in [0.25, 0.3) is 0 Å². The first kappa shape index (κ1) is 27.4. The topological polar surface area (TPSA) is 46.9 Å². The molecule has 0 bridgehead atoms. The van der Waals surface area contributed by atoms with Crippen LogP contribution in [0.2, 0.25) is 0 Å². The highest BCUT2D eigenvalue weighted by Crippen LogP contribution is 2.13. The maximum absolute atomic E-state index is 11.9. The predicted octanol–water partition coefficient (Wildman–Crippen LogP) is 7.56. The fraction of sp³-hybridized carbons (Fsp3) is 0.840. The number of unbranched alkanes of at least 4 members (excludes halogenated alkanes) is 15. The quantitative estimate of drug-likeness (QED) is 0.139.